The minimum absolute atomic E-state index is 0.0104. The number of alkyl halides is 3. The molecule has 1 aliphatic heterocycles. The van der Waals surface area contributed by atoms with Crippen LogP contribution in [0.15, 0.2) is 54.6 Å². The Morgan fingerprint density at radius 1 is 1.09 bits per heavy atom. The van der Waals surface area contributed by atoms with E-state index in [0.717, 1.165) is 11.6 Å². The largest absolute Gasteiger partial charge is 0.508 e. The van der Waals surface area contributed by atoms with Crippen LogP contribution in [-0.4, -0.2) is 24.8 Å². The number of ether oxygens (including phenoxy) is 3. The number of methoxy groups -OCH3 is 1. The molecule has 1 unspecified atom stereocenters. The average molecular weight is 484 g/mol. The number of phenols is 1. The van der Waals surface area contributed by atoms with Gasteiger partial charge in [-0.25, -0.2) is 0 Å². The molecular weight excluding hydrogens is 461 g/mol. The molecule has 35 heavy (non-hydrogen) atoms. The van der Waals surface area contributed by atoms with Gasteiger partial charge in [0.05, 0.1) is 25.7 Å². The molecule has 0 bridgehead atoms. The SMILES string of the molecule is COC(=O)C[C@H]1COc2cc(OC3CCc4c3ccc(C(F)(F)F)c4-c3ccc(O)cc3)ccc21. The van der Waals surface area contributed by atoms with E-state index in [1.165, 1.54) is 37.4 Å². The molecule has 182 valence electrons. The van der Waals surface area contributed by atoms with E-state index in [1.54, 1.807) is 12.1 Å². The van der Waals surface area contributed by atoms with Crippen molar-refractivity contribution in [2.24, 2.45) is 0 Å². The van der Waals surface area contributed by atoms with Crippen LogP contribution in [0.3, 0.4) is 0 Å². The zero-order chi connectivity index (χ0) is 24.7. The molecule has 3 aromatic rings. The van der Waals surface area contributed by atoms with E-state index >= 15 is 0 Å². The summed E-state index contributed by atoms with van der Waals surface area (Å²) in [6.07, 6.45) is -3.73. The van der Waals surface area contributed by atoms with Crippen LogP contribution in [0.2, 0.25) is 0 Å². The molecule has 8 heteroatoms. The molecule has 0 aromatic heterocycles. The highest BCUT2D eigenvalue weighted by atomic mass is 19.4. The second-order valence-corrected chi connectivity index (χ2v) is 8.73. The van der Waals surface area contributed by atoms with Gasteiger partial charge in [0.2, 0.25) is 0 Å². The van der Waals surface area contributed by atoms with Gasteiger partial charge in [0, 0.05) is 17.5 Å². The van der Waals surface area contributed by atoms with Crippen molar-refractivity contribution in [1.82, 2.24) is 0 Å². The van der Waals surface area contributed by atoms with Crippen molar-refractivity contribution < 1.29 is 37.3 Å². The fourth-order valence-corrected chi connectivity index (χ4v) is 4.93. The summed E-state index contributed by atoms with van der Waals surface area (Å²) in [5, 5.41) is 9.60. The smallest absolute Gasteiger partial charge is 0.417 e. The van der Waals surface area contributed by atoms with E-state index in [0.29, 0.717) is 47.6 Å². The standard InChI is InChI=1S/C27H23F3O5/c1-33-25(32)12-16-14-34-24-13-18(6-7-19(16)24)35-23-11-9-21-20(23)8-10-22(27(28,29)30)26(21)15-2-4-17(31)5-3-15/h2-8,10,13,16,23,31H,9,11-12,14H2,1H3/t16-,23?/m0/s1. The van der Waals surface area contributed by atoms with Crippen molar-refractivity contribution in [3.05, 3.63) is 76.9 Å². The molecule has 0 saturated heterocycles. The predicted octanol–water partition coefficient (Wildman–Crippen LogP) is 6.18. The topological polar surface area (TPSA) is 65.0 Å². The number of esters is 1. The molecule has 2 aliphatic rings. The van der Waals surface area contributed by atoms with Crippen LogP contribution in [0.4, 0.5) is 13.2 Å². The maximum Gasteiger partial charge on any atom is 0.417 e. The van der Waals surface area contributed by atoms with E-state index in [-0.39, 0.29) is 29.6 Å². The molecule has 5 rings (SSSR count). The third-order valence-electron chi connectivity index (χ3n) is 6.60. The summed E-state index contributed by atoms with van der Waals surface area (Å²) in [4.78, 5) is 11.6. The van der Waals surface area contributed by atoms with Crippen LogP contribution in [0.25, 0.3) is 11.1 Å². The lowest BCUT2D eigenvalue weighted by Gasteiger charge is -2.20. The quantitative estimate of drug-likeness (QED) is 0.438. The van der Waals surface area contributed by atoms with Crippen LogP contribution in [-0.2, 0) is 22.1 Å². The van der Waals surface area contributed by atoms with E-state index in [4.69, 9.17) is 14.2 Å². The van der Waals surface area contributed by atoms with E-state index in [1.807, 2.05) is 6.07 Å². The number of phenolic OH excluding ortho intramolecular Hbond substituents is 1. The average Bonchev–Trinajstić information content (AvgIpc) is 3.42. The lowest BCUT2D eigenvalue weighted by Crippen LogP contribution is -2.10. The Balaban J connectivity index is 1.44. The zero-order valence-electron chi connectivity index (χ0n) is 18.9. The van der Waals surface area contributed by atoms with Crippen molar-refractivity contribution >= 4 is 5.97 Å². The Morgan fingerprint density at radius 2 is 1.83 bits per heavy atom. The predicted molar refractivity (Wildman–Crippen MR) is 122 cm³/mol. The maximum absolute atomic E-state index is 13.9. The van der Waals surface area contributed by atoms with Crippen molar-refractivity contribution in [2.75, 3.05) is 13.7 Å². The minimum Gasteiger partial charge on any atom is -0.508 e. The van der Waals surface area contributed by atoms with Gasteiger partial charge in [-0.1, -0.05) is 24.3 Å². The Hall–Kier alpha value is -3.68. The van der Waals surface area contributed by atoms with Gasteiger partial charge in [0.25, 0.3) is 0 Å². The fraction of sp³-hybridized carbons (Fsp3) is 0.296. The molecular formula is C27H23F3O5. The molecule has 1 heterocycles. The van der Waals surface area contributed by atoms with Gasteiger partial charge < -0.3 is 19.3 Å². The van der Waals surface area contributed by atoms with Gasteiger partial charge in [-0.15, -0.1) is 0 Å². The zero-order valence-corrected chi connectivity index (χ0v) is 18.9. The lowest BCUT2D eigenvalue weighted by atomic mass is 9.91. The fourth-order valence-electron chi connectivity index (χ4n) is 4.93. The molecule has 0 radical (unpaired) electrons. The van der Waals surface area contributed by atoms with Gasteiger partial charge in [-0.05, 0) is 59.4 Å². The van der Waals surface area contributed by atoms with Crippen LogP contribution in [0, 0.1) is 0 Å². The summed E-state index contributed by atoms with van der Waals surface area (Å²) in [5.41, 5.74) is 2.04. The van der Waals surface area contributed by atoms with Crippen molar-refractivity contribution in [2.45, 2.75) is 37.5 Å². The second kappa shape index (κ2) is 8.83. The first kappa shape index (κ1) is 23.1. The number of carbonyl (C=O) groups excluding carboxylic acids is 1. The Kier molecular flexibility index (Phi) is 5.83. The molecule has 1 N–H and O–H groups in total. The number of halogens is 3. The molecule has 0 saturated carbocycles. The number of carbonyl (C=O) groups is 1. The summed E-state index contributed by atoms with van der Waals surface area (Å²) in [6.45, 7) is 0.371. The van der Waals surface area contributed by atoms with Crippen LogP contribution >= 0.6 is 0 Å². The van der Waals surface area contributed by atoms with Crippen molar-refractivity contribution in [3.63, 3.8) is 0 Å². The third kappa shape index (κ3) is 4.40. The Labute approximate surface area is 200 Å². The summed E-state index contributed by atoms with van der Waals surface area (Å²) < 4.78 is 58.3. The Morgan fingerprint density at radius 3 is 2.54 bits per heavy atom. The molecule has 5 nitrogen and oxygen atoms in total. The summed E-state index contributed by atoms with van der Waals surface area (Å²) in [5.74, 6) is 0.770. The number of rotatable bonds is 5. The highest BCUT2D eigenvalue weighted by molar-refractivity contribution is 5.75. The van der Waals surface area contributed by atoms with Crippen LogP contribution < -0.4 is 9.47 Å². The van der Waals surface area contributed by atoms with Gasteiger partial charge in [-0.3, -0.25) is 4.79 Å². The molecule has 3 aromatic carbocycles. The number of aromatic hydroxyl groups is 1. The second-order valence-electron chi connectivity index (χ2n) is 8.73. The lowest BCUT2D eigenvalue weighted by molar-refractivity contribution is -0.141. The first-order chi connectivity index (χ1) is 16.7. The third-order valence-corrected chi connectivity index (χ3v) is 6.60. The Bertz CT molecular complexity index is 1270. The maximum atomic E-state index is 13.9. The molecule has 0 fully saturated rings. The van der Waals surface area contributed by atoms with Gasteiger partial charge >= 0.3 is 12.1 Å². The molecule has 0 spiro atoms. The van der Waals surface area contributed by atoms with Gasteiger partial charge in [0.1, 0.15) is 23.4 Å². The first-order valence-corrected chi connectivity index (χ1v) is 11.3. The minimum atomic E-state index is -4.51. The number of hydrogen-bond donors (Lipinski definition) is 1. The highest BCUT2D eigenvalue weighted by Crippen LogP contribution is 2.47. The van der Waals surface area contributed by atoms with Gasteiger partial charge in [0.15, 0.2) is 0 Å². The van der Waals surface area contributed by atoms with Gasteiger partial charge in [-0.2, -0.15) is 13.2 Å². The van der Waals surface area contributed by atoms with Crippen molar-refractivity contribution in [3.8, 4) is 28.4 Å². The number of hydrogen-bond acceptors (Lipinski definition) is 5. The van der Waals surface area contributed by atoms with E-state index in [2.05, 4.69) is 0 Å². The summed E-state index contributed by atoms with van der Waals surface area (Å²) in [7, 11) is 1.35. The number of benzene rings is 3. The van der Waals surface area contributed by atoms with Crippen molar-refractivity contribution in [1.29, 1.82) is 0 Å². The monoisotopic (exact) mass is 484 g/mol. The summed E-state index contributed by atoms with van der Waals surface area (Å²) in [6, 6.07) is 13.8. The molecule has 1 aliphatic carbocycles. The number of fused-ring (bicyclic) bond motifs is 2. The molecule has 0 amide bonds. The van der Waals surface area contributed by atoms with Crippen LogP contribution in [0.1, 0.15) is 47.1 Å². The first-order valence-electron chi connectivity index (χ1n) is 11.3. The molecule has 2 atom stereocenters. The van der Waals surface area contributed by atoms with Crippen LogP contribution in [0.5, 0.6) is 17.2 Å². The summed E-state index contributed by atoms with van der Waals surface area (Å²) >= 11 is 0. The van der Waals surface area contributed by atoms with E-state index < -0.39 is 17.8 Å². The van der Waals surface area contributed by atoms with E-state index in [9.17, 15) is 23.1 Å². The highest BCUT2D eigenvalue weighted by Gasteiger charge is 2.38. The normalized spacial score (nSPS) is 18.5.